The highest BCUT2D eigenvalue weighted by atomic mass is 16.2. The maximum Gasteiger partial charge on any atom is 0.318 e. The van der Waals surface area contributed by atoms with E-state index in [0.29, 0.717) is 18.9 Å². The molecule has 6 heteroatoms. The van der Waals surface area contributed by atoms with Crippen molar-refractivity contribution in [3.63, 3.8) is 0 Å². The Morgan fingerprint density at radius 3 is 2.87 bits per heavy atom. The van der Waals surface area contributed by atoms with E-state index < -0.39 is 6.04 Å². The summed E-state index contributed by atoms with van der Waals surface area (Å²) in [4.78, 5) is 32.7. The van der Waals surface area contributed by atoms with Gasteiger partial charge in [-0.15, -0.1) is 0 Å². The summed E-state index contributed by atoms with van der Waals surface area (Å²) in [5.41, 5.74) is 0.794. The van der Waals surface area contributed by atoms with Gasteiger partial charge in [0.2, 0.25) is 5.91 Å². The highest BCUT2D eigenvalue weighted by Crippen LogP contribution is 2.21. The molecule has 0 radical (unpaired) electrons. The predicted molar refractivity (Wildman–Crippen MR) is 88.1 cm³/mol. The fourth-order valence-corrected chi connectivity index (χ4v) is 3.39. The Hall–Kier alpha value is -2.11. The molecule has 2 saturated heterocycles. The van der Waals surface area contributed by atoms with E-state index in [2.05, 4.69) is 17.2 Å². The van der Waals surface area contributed by atoms with Gasteiger partial charge in [-0.25, -0.2) is 4.79 Å². The maximum absolute atomic E-state index is 12.7. The summed E-state index contributed by atoms with van der Waals surface area (Å²) in [6.07, 6.45) is 7.16. The lowest BCUT2D eigenvalue weighted by atomic mass is 10.0. The molecule has 0 aliphatic carbocycles. The number of urea groups is 1. The predicted octanol–water partition coefficient (Wildman–Crippen LogP) is 2.02. The molecule has 2 aliphatic heterocycles. The molecule has 0 spiro atoms. The first-order valence-electron chi connectivity index (χ1n) is 8.42. The number of carbonyl (C=O) groups is 2. The number of hydrogen-bond donors (Lipinski definition) is 1. The minimum absolute atomic E-state index is 0.0392. The number of nitrogens with zero attached hydrogens (tertiary/aromatic N) is 3. The van der Waals surface area contributed by atoms with Crippen molar-refractivity contribution in [1.82, 2.24) is 15.2 Å². The Bertz CT molecular complexity index is 563. The second kappa shape index (κ2) is 6.98. The normalized spacial score (nSPS) is 25.3. The molecular formula is C17H24N4O2. The monoisotopic (exact) mass is 316 g/mol. The highest BCUT2D eigenvalue weighted by molar-refractivity contribution is 5.99. The molecule has 23 heavy (non-hydrogen) atoms. The zero-order valence-corrected chi connectivity index (χ0v) is 13.6. The van der Waals surface area contributed by atoms with Gasteiger partial charge in [-0.2, -0.15) is 0 Å². The molecule has 1 aromatic heterocycles. The third kappa shape index (κ3) is 3.63. The quantitative estimate of drug-likeness (QED) is 0.908. The van der Waals surface area contributed by atoms with E-state index in [1.807, 2.05) is 17.0 Å². The van der Waals surface area contributed by atoms with Crippen LogP contribution in [0.2, 0.25) is 0 Å². The van der Waals surface area contributed by atoms with E-state index in [-0.39, 0.29) is 11.9 Å². The maximum atomic E-state index is 12.7. The van der Waals surface area contributed by atoms with Crippen LogP contribution in [0, 0.1) is 5.92 Å². The summed E-state index contributed by atoms with van der Waals surface area (Å²) in [6.45, 7) is 4.40. The molecule has 3 rings (SSSR count). The van der Waals surface area contributed by atoms with Gasteiger partial charge in [0.15, 0.2) is 0 Å². The first-order chi connectivity index (χ1) is 11.1. The summed E-state index contributed by atoms with van der Waals surface area (Å²) in [7, 11) is 0. The molecular weight excluding hydrogens is 292 g/mol. The lowest BCUT2D eigenvalue weighted by molar-refractivity contribution is -0.121. The van der Waals surface area contributed by atoms with Crippen LogP contribution >= 0.6 is 0 Å². The molecule has 6 nitrogen and oxygen atoms in total. The molecule has 3 amide bonds. The van der Waals surface area contributed by atoms with Crippen molar-refractivity contribution in [3.8, 4) is 0 Å². The fraction of sp³-hybridized carbons (Fsp3) is 0.588. The number of pyridine rings is 1. The van der Waals surface area contributed by atoms with Gasteiger partial charge in [-0.1, -0.05) is 6.92 Å². The van der Waals surface area contributed by atoms with Gasteiger partial charge < -0.3 is 15.1 Å². The van der Waals surface area contributed by atoms with Crippen LogP contribution in [0.15, 0.2) is 24.5 Å². The molecule has 0 saturated carbocycles. The molecule has 0 unspecified atom stereocenters. The second-order valence-electron chi connectivity index (χ2n) is 6.54. The molecule has 3 heterocycles. The Morgan fingerprint density at radius 2 is 2.13 bits per heavy atom. The van der Waals surface area contributed by atoms with Crippen molar-refractivity contribution < 1.29 is 9.59 Å². The van der Waals surface area contributed by atoms with Crippen molar-refractivity contribution in [3.05, 3.63) is 24.5 Å². The molecule has 1 N–H and O–H groups in total. The smallest absolute Gasteiger partial charge is 0.318 e. The lowest BCUT2D eigenvalue weighted by Crippen LogP contribution is -2.56. The Labute approximate surface area is 136 Å². The number of aromatic nitrogens is 1. The number of amides is 3. The summed E-state index contributed by atoms with van der Waals surface area (Å²) in [5.74, 6) is 0.492. The van der Waals surface area contributed by atoms with Gasteiger partial charge in [0, 0.05) is 25.8 Å². The number of rotatable bonds is 2. The zero-order chi connectivity index (χ0) is 16.2. The van der Waals surface area contributed by atoms with Crippen molar-refractivity contribution >= 4 is 17.6 Å². The average molecular weight is 316 g/mol. The Balaban J connectivity index is 1.63. The SMILES string of the molecule is C[C@H]1CCCN(C(=O)N[C@@H]2CCCN(c3cccnc3)C2=O)C1. The van der Waals surface area contributed by atoms with Gasteiger partial charge in [-0.05, 0) is 43.7 Å². The second-order valence-corrected chi connectivity index (χ2v) is 6.54. The number of carbonyl (C=O) groups excluding carboxylic acids is 2. The van der Waals surface area contributed by atoms with Crippen LogP contribution in [-0.2, 0) is 4.79 Å². The molecule has 2 fully saturated rings. The van der Waals surface area contributed by atoms with E-state index in [4.69, 9.17) is 0 Å². The lowest BCUT2D eigenvalue weighted by Gasteiger charge is -2.35. The van der Waals surface area contributed by atoms with Gasteiger partial charge in [0.25, 0.3) is 0 Å². The van der Waals surface area contributed by atoms with E-state index in [1.165, 1.54) is 6.42 Å². The van der Waals surface area contributed by atoms with Crippen LogP contribution in [0.3, 0.4) is 0 Å². The number of nitrogens with one attached hydrogen (secondary N) is 1. The topological polar surface area (TPSA) is 65.5 Å². The van der Waals surface area contributed by atoms with E-state index in [0.717, 1.165) is 31.6 Å². The number of anilines is 1. The van der Waals surface area contributed by atoms with Gasteiger partial charge in [0.1, 0.15) is 6.04 Å². The number of piperidine rings is 2. The highest BCUT2D eigenvalue weighted by Gasteiger charge is 2.32. The van der Waals surface area contributed by atoms with Crippen LogP contribution in [0.5, 0.6) is 0 Å². The molecule has 2 atom stereocenters. The summed E-state index contributed by atoms with van der Waals surface area (Å²) in [5, 5.41) is 2.93. The Morgan fingerprint density at radius 1 is 1.30 bits per heavy atom. The zero-order valence-electron chi connectivity index (χ0n) is 13.6. The minimum Gasteiger partial charge on any atom is -0.326 e. The van der Waals surface area contributed by atoms with Crippen molar-refractivity contribution in [2.24, 2.45) is 5.92 Å². The first kappa shape index (κ1) is 15.8. The van der Waals surface area contributed by atoms with Crippen LogP contribution in [0.4, 0.5) is 10.5 Å². The van der Waals surface area contributed by atoms with Crippen molar-refractivity contribution in [2.75, 3.05) is 24.5 Å². The van der Waals surface area contributed by atoms with Gasteiger partial charge in [0.05, 0.1) is 11.9 Å². The molecule has 124 valence electrons. The van der Waals surface area contributed by atoms with Crippen LogP contribution in [0.1, 0.15) is 32.6 Å². The van der Waals surface area contributed by atoms with Crippen LogP contribution in [0.25, 0.3) is 0 Å². The largest absolute Gasteiger partial charge is 0.326 e. The summed E-state index contributed by atoms with van der Waals surface area (Å²) >= 11 is 0. The summed E-state index contributed by atoms with van der Waals surface area (Å²) in [6, 6.07) is 3.15. The minimum atomic E-state index is -0.436. The van der Waals surface area contributed by atoms with Gasteiger partial charge >= 0.3 is 6.03 Å². The molecule has 2 aliphatic rings. The van der Waals surface area contributed by atoms with Crippen molar-refractivity contribution in [1.29, 1.82) is 0 Å². The first-order valence-corrected chi connectivity index (χ1v) is 8.42. The van der Waals surface area contributed by atoms with E-state index in [1.54, 1.807) is 17.3 Å². The number of hydrogen-bond acceptors (Lipinski definition) is 3. The van der Waals surface area contributed by atoms with Crippen LogP contribution < -0.4 is 10.2 Å². The van der Waals surface area contributed by atoms with Crippen LogP contribution in [-0.4, -0.2) is 47.5 Å². The third-order valence-corrected chi connectivity index (χ3v) is 4.64. The molecule has 1 aromatic rings. The standard InChI is InChI=1S/C17H24N4O2/c1-13-5-3-9-20(12-13)17(23)19-15-7-4-10-21(16(15)22)14-6-2-8-18-11-14/h2,6,8,11,13,15H,3-5,7,9-10,12H2,1H3,(H,19,23)/t13-,15+/m0/s1. The van der Waals surface area contributed by atoms with Crippen molar-refractivity contribution in [2.45, 2.75) is 38.6 Å². The average Bonchev–Trinajstić information content (AvgIpc) is 2.57. The summed E-state index contributed by atoms with van der Waals surface area (Å²) < 4.78 is 0. The fourth-order valence-electron chi connectivity index (χ4n) is 3.39. The van der Waals surface area contributed by atoms with E-state index >= 15 is 0 Å². The van der Waals surface area contributed by atoms with E-state index in [9.17, 15) is 9.59 Å². The van der Waals surface area contributed by atoms with Gasteiger partial charge in [-0.3, -0.25) is 9.78 Å². The molecule has 0 bridgehead atoms. The third-order valence-electron chi connectivity index (χ3n) is 4.64. The molecule has 0 aromatic carbocycles. The number of likely N-dealkylation sites (tertiary alicyclic amines) is 1. The Kier molecular flexibility index (Phi) is 4.79.